The third-order valence-corrected chi connectivity index (χ3v) is 11.6. The Hall–Kier alpha value is -6.48. The monoisotopic (exact) mass is 1010 g/mol. The molecule has 0 bridgehead atoms. The molecule has 0 radical (unpaired) electrons. The van der Waals surface area contributed by atoms with Gasteiger partial charge in [-0.25, -0.2) is 0 Å². The SMILES string of the molecule is CC[C@H](C)[C@@H]1NC(=O)[C@@H](CCCNC(=N)N)NC(=O)[C@H](CC(C)C)NC(=O)[C@H]([C@H](O)C(C)C)NC(=O)[C@@H](N)[C@@H](c2ccccc2)NC(=O)[C@H](CO)NC(=O)[C@H](CO)NC(=O)CNC(=O)[C@H]([C@H](C)O)NC1=O. The van der Waals surface area contributed by atoms with Gasteiger partial charge in [0.25, 0.3) is 0 Å². The largest absolute Gasteiger partial charge is 0.394 e. The highest BCUT2D eigenvalue weighted by Gasteiger charge is 2.39. The molecule has 1 heterocycles. The van der Waals surface area contributed by atoms with Crippen molar-refractivity contribution in [2.75, 3.05) is 26.3 Å². The Bertz CT molecular complexity index is 1990. The van der Waals surface area contributed by atoms with Crippen molar-refractivity contribution in [3.63, 3.8) is 0 Å². The van der Waals surface area contributed by atoms with Crippen LogP contribution in [0.15, 0.2) is 30.3 Å². The van der Waals surface area contributed by atoms with Crippen molar-refractivity contribution in [1.29, 1.82) is 5.41 Å². The first-order valence-electron chi connectivity index (χ1n) is 23.5. The second-order valence-corrected chi connectivity index (χ2v) is 18.2. The summed E-state index contributed by atoms with van der Waals surface area (Å²) in [5.41, 5.74) is 12.2. The zero-order chi connectivity index (χ0) is 53.7. The summed E-state index contributed by atoms with van der Waals surface area (Å²) in [6, 6.07) is -6.62. The first-order chi connectivity index (χ1) is 33.4. The molecule has 1 saturated heterocycles. The smallest absolute Gasteiger partial charge is 0.245 e. The van der Waals surface area contributed by atoms with Crippen LogP contribution in [0.1, 0.15) is 85.8 Å². The summed E-state index contributed by atoms with van der Waals surface area (Å²) in [4.78, 5) is 124. The number of hydrogen-bond acceptors (Lipinski definition) is 15. The normalized spacial score (nSPS) is 26.8. The molecule has 26 heteroatoms. The number of aliphatic hydroxyl groups excluding tert-OH is 4. The Labute approximate surface area is 412 Å². The number of carbonyl (C=O) groups excluding carboxylic acids is 9. The fourth-order valence-corrected chi connectivity index (χ4v) is 7.21. The number of nitrogens with two attached hydrogens (primary N) is 2. The minimum Gasteiger partial charge on any atom is -0.394 e. The van der Waals surface area contributed by atoms with E-state index in [1.807, 2.05) is 0 Å². The molecule has 398 valence electrons. The highest BCUT2D eigenvalue weighted by atomic mass is 16.3. The van der Waals surface area contributed by atoms with Crippen molar-refractivity contribution in [2.24, 2.45) is 29.2 Å². The maximum Gasteiger partial charge on any atom is 0.245 e. The summed E-state index contributed by atoms with van der Waals surface area (Å²) in [6.45, 7) is 8.27. The van der Waals surface area contributed by atoms with Gasteiger partial charge in [-0.2, -0.15) is 0 Å². The Balaban J connectivity index is 2.78. The van der Waals surface area contributed by atoms with Crippen LogP contribution in [0.25, 0.3) is 0 Å². The number of carbonyl (C=O) groups is 9. The predicted molar refractivity (Wildman–Crippen MR) is 257 cm³/mol. The van der Waals surface area contributed by atoms with Crippen LogP contribution < -0.4 is 64.6 Å². The molecular formula is C45H75N13O13. The Kier molecular flexibility index (Phi) is 25.3. The number of rotatable bonds is 14. The minimum atomic E-state index is -1.77. The second kappa shape index (κ2) is 29.6. The van der Waals surface area contributed by atoms with E-state index in [1.54, 1.807) is 59.7 Å². The summed E-state index contributed by atoms with van der Waals surface area (Å²) < 4.78 is 0. The van der Waals surface area contributed by atoms with E-state index in [1.165, 1.54) is 19.1 Å². The maximum absolute atomic E-state index is 14.3. The number of nitrogens with one attached hydrogen (secondary N) is 11. The third kappa shape index (κ3) is 19.3. The zero-order valence-corrected chi connectivity index (χ0v) is 41.2. The van der Waals surface area contributed by atoms with Crippen molar-refractivity contribution in [3.05, 3.63) is 35.9 Å². The van der Waals surface area contributed by atoms with E-state index >= 15 is 0 Å². The number of hydrogen-bond donors (Lipinski definition) is 17. The molecule has 0 spiro atoms. The van der Waals surface area contributed by atoms with Gasteiger partial charge in [0.2, 0.25) is 53.2 Å². The van der Waals surface area contributed by atoms with Gasteiger partial charge in [-0.05, 0) is 49.5 Å². The van der Waals surface area contributed by atoms with Crippen LogP contribution in [0.2, 0.25) is 0 Å². The number of amides is 9. The van der Waals surface area contributed by atoms with Gasteiger partial charge in [0.1, 0.15) is 48.3 Å². The molecule has 0 saturated carbocycles. The maximum atomic E-state index is 14.3. The number of guanidine groups is 1. The molecular weight excluding hydrogens is 931 g/mol. The van der Waals surface area contributed by atoms with Crippen molar-refractivity contribution < 1.29 is 63.6 Å². The lowest BCUT2D eigenvalue weighted by Gasteiger charge is -2.32. The predicted octanol–water partition coefficient (Wildman–Crippen LogP) is -5.57. The van der Waals surface area contributed by atoms with Crippen LogP contribution in [0.3, 0.4) is 0 Å². The highest BCUT2D eigenvalue weighted by Crippen LogP contribution is 2.18. The molecule has 26 nitrogen and oxygen atoms in total. The van der Waals surface area contributed by atoms with Gasteiger partial charge in [-0.15, -0.1) is 0 Å². The average Bonchev–Trinajstić information content (AvgIpc) is 3.32. The summed E-state index contributed by atoms with van der Waals surface area (Å²) in [5, 5.41) is 74.1. The second-order valence-electron chi connectivity index (χ2n) is 18.2. The van der Waals surface area contributed by atoms with Gasteiger partial charge in [-0.1, -0.05) is 78.3 Å². The van der Waals surface area contributed by atoms with Crippen molar-refractivity contribution in [2.45, 2.75) is 141 Å². The van der Waals surface area contributed by atoms with Gasteiger partial charge >= 0.3 is 0 Å². The van der Waals surface area contributed by atoms with Gasteiger partial charge in [0, 0.05) is 6.54 Å². The molecule has 1 aromatic rings. The molecule has 1 aliphatic rings. The molecule has 12 atom stereocenters. The molecule has 1 fully saturated rings. The van der Waals surface area contributed by atoms with Gasteiger partial charge in [0.15, 0.2) is 5.96 Å². The van der Waals surface area contributed by atoms with Gasteiger partial charge in [-0.3, -0.25) is 48.6 Å². The standard InChI is InChI=1S/C45H75N13O13/c1-8-23(6)32-43(70)56-33(24(7)61)42(69)50-18-30(62)51-28(19-59)39(66)54-29(20-60)40(67)57-34(25-13-10-9-11-14-25)31(46)41(68)58-35(36(63)22(4)5)44(71)53-27(17-21(2)3)38(65)52-26(37(64)55-32)15-12-16-49-45(47)48/h9-11,13-14,21-24,26-29,31-36,59-61,63H,8,12,15-20,46H2,1-7H3,(H,50,69)(H,51,62)(H,52,65)(H,53,71)(H,54,66)(H,55,64)(H,56,70)(H,57,67)(H,58,68)(H4,47,48,49)/t23-,24-,26+,27-,28-,29-,31-,32-,33-,34+,35-,36+/m0/s1. The fraction of sp³-hybridized carbons (Fsp3) is 0.644. The fourth-order valence-electron chi connectivity index (χ4n) is 7.21. The molecule has 2 rings (SSSR count). The lowest BCUT2D eigenvalue weighted by molar-refractivity contribution is -0.138. The Morgan fingerprint density at radius 3 is 1.72 bits per heavy atom. The Morgan fingerprint density at radius 1 is 0.662 bits per heavy atom. The minimum absolute atomic E-state index is 0.0260. The lowest BCUT2D eigenvalue weighted by atomic mass is 9.95. The molecule has 19 N–H and O–H groups in total. The molecule has 0 aliphatic carbocycles. The quantitative estimate of drug-likeness (QED) is 0.0469. The molecule has 1 aliphatic heterocycles. The zero-order valence-electron chi connectivity index (χ0n) is 41.2. The van der Waals surface area contributed by atoms with E-state index in [9.17, 15) is 63.6 Å². The number of benzene rings is 1. The van der Waals surface area contributed by atoms with E-state index < -0.39 is 151 Å². The van der Waals surface area contributed by atoms with Crippen LogP contribution in [0.5, 0.6) is 0 Å². The van der Waals surface area contributed by atoms with Crippen LogP contribution >= 0.6 is 0 Å². The summed E-state index contributed by atoms with van der Waals surface area (Å²) >= 11 is 0. The third-order valence-electron chi connectivity index (χ3n) is 11.6. The molecule has 0 aromatic heterocycles. The van der Waals surface area contributed by atoms with E-state index in [4.69, 9.17) is 16.9 Å². The van der Waals surface area contributed by atoms with E-state index in [0.29, 0.717) is 6.42 Å². The molecule has 0 unspecified atom stereocenters. The van der Waals surface area contributed by atoms with Gasteiger partial charge < -0.3 is 85.1 Å². The molecule has 1 aromatic carbocycles. The number of aliphatic hydroxyl groups is 4. The van der Waals surface area contributed by atoms with Crippen molar-refractivity contribution in [3.8, 4) is 0 Å². The topological polar surface area (TPSA) is 431 Å². The first kappa shape index (κ1) is 60.6. The van der Waals surface area contributed by atoms with E-state index in [-0.39, 0.29) is 43.2 Å². The van der Waals surface area contributed by atoms with Crippen LogP contribution in [0.4, 0.5) is 0 Å². The molecule has 71 heavy (non-hydrogen) atoms. The molecule has 9 amide bonds. The summed E-state index contributed by atoms with van der Waals surface area (Å²) in [7, 11) is 0. The van der Waals surface area contributed by atoms with Crippen molar-refractivity contribution >= 4 is 59.1 Å². The van der Waals surface area contributed by atoms with Crippen LogP contribution in [0, 0.1) is 23.2 Å². The van der Waals surface area contributed by atoms with Gasteiger partial charge in [0.05, 0.1) is 38.0 Å². The lowest BCUT2D eigenvalue weighted by Crippen LogP contribution is -2.63. The van der Waals surface area contributed by atoms with Crippen molar-refractivity contribution in [1.82, 2.24) is 53.2 Å². The Morgan fingerprint density at radius 2 is 1.17 bits per heavy atom. The van der Waals surface area contributed by atoms with Crippen LogP contribution in [-0.4, -0.2) is 166 Å². The average molecular weight is 1010 g/mol. The highest BCUT2D eigenvalue weighted by molar-refractivity contribution is 5.98. The van der Waals surface area contributed by atoms with E-state index in [2.05, 4.69) is 53.2 Å². The van der Waals surface area contributed by atoms with Crippen LogP contribution in [-0.2, 0) is 43.2 Å². The summed E-state index contributed by atoms with van der Waals surface area (Å²) in [6.07, 6.45) is -2.86. The van der Waals surface area contributed by atoms with E-state index in [0.717, 1.165) is 0 Å². The summed E-state index contributed by atoms with van der Waals surface area (Å²) in [5.74, 6) is -11.1. The first-order valence-corrected chi connectivity index (χ1v) is 23.5.